The quantitative estimate of drug-likeness (QED) is 0.136. The molecule has 3 rings (SSSR count). The van der Waals surface area contributed by atoms with Crippen molar-refractivity contribution in [3.63, 3.8) is 0 Å². The minimum atomic E-state index is -3.89. The zero-order chi connectivity index (χ0) is 35.3. The fourth-order valence-electron chi connectivity index (χ4n) is 6.88. The number of piperazine rings is 1. The lowest BCUT2D eigenvalue weighted by atomic mass is 9.81. The zero-order valence-corrected chi connectivity index (χ0v) is 30.1. The molecule has 0 aromatic heterocycles. The summed E-state index contributed by atoms with van der Waals surface area (Å²) < 4.78 is 28.6. The molecule has 1 saturated carbocycles. The van der Waals surface area contributed by atoms with E-state index in [0.29, 0.717) is 31.8 Å². The van der Waals surface area contributed by atoms with Gasteiger partial charge >= 0.3 is 0 Å². The van der Waals surface area contributed by atoms with Crippen LogP contribution in [0.15, 0.2) is 35.4 Å². The van der Waals surface area contributed by atoms with Crippen molar-refractivity contribution in [2.45, 2.75) is 95.8 Å². The number of nitrogens with two attached hydrogens (primary N) is 1. The average molecular weight is 687 g/mol. The van der Waals surface area contributed by atoms with Gasteiger partial charge in [-0.3, -0.25) is 9.59 Å². The second kappa shape index (κ2) is 19.3. The Labute approximate surface area is 288 Å². The van der Waals surface area contributed by atoms with E-state index in [1.54, 1.807) is 5.01 Å². The number of benzene rings is 1. The van der Waals surface area contributed by atoms with E-state index in [4.69, 9.17) is 17.7 Å². The van der Waals surface area contributed by atoms with Crippen LogP contribution in [-0.2, 0) is 26.0 Å². The lowest BCUT2D eigenvalue weighted by molar-refractivity contribution is -0.131. The SMILES string of the molecule is C#CC[C@H](NC(=O)[C@H](Cc1ccccc1)CS(=O)(=O)N(C)N1CCN(C)CC1)C(=O)N[C@@H](CC1CCCCC1)[C@@H](N=N)[C@@H](N)CC(C)C. The van der Waals surface area contributed by atoms with E-state index >= 15 is 0 Å². The Morgan fingerprint density at radius 3 is 2.31 bits per heavy atom. The molecule has 2 fully saturated rings. The fraction of sp³-hybridized carbons (Fsp3) is 0.714. The number of amides is 2. The van der Waals surface area contributed by atoms with Crippen LogP contribution in [0.5, 0.6) is 0 Å². The van der Waals surface area contributed by atoms with Gasteiger partial charge in [0.05, 0.1) is 17.7 Å². The topological polar surface area (TPSA) is 164 Å². The van der Waals surface area contributed by atoms with Gasteiger partial charge in [-0.1, -0.05) is 76.3 Å². The second-order valence-electron chi connectivity index (χ2n) is 14.1. The molecule has 1 aromatic carbocycles. The number of nitrogens with one attached hydrogen (secondary N) is 3. The summed E-state index contributed by atoms with van der Waals surface area (Å²) in [5.41, 5.74) is 15.4. The maximum Gasteiger partial charge on any atom is 0.243 e. The van der Waals surface area contributed by atoms with E-state index in [2.05, 4.69) is 40.4 Å². The van der Waals surface area contributed by atoms with Crippen LogP contribution in [0.4, 0.5) is 0 Å². The minimum Gasteiger partial charge on any atom is -0.349 e. The van der Waals surface area contributed by atoms with Gasteiger partial charge < -0.3 is 21.3 Å². The van der Waals surface area contributed by atoms with Gasteiger partial charge in [0.25, 0.3) is 0 Å². The van der Waals surface area contributed by atoms with E-state index in [9.17, 15) is 18.0 Å². The normalized spacial score (nSPS) is 20.0. The molecule has 2 amide bonds. The smallest absolute Gasteiger partial charge is 0.243 e. The summed E-state index contributed by atoms with van der Waals surface area (Å²) in [6.45, 7) is 6.69. The van der Waals surface area contributed by atoms with Crippen LogP contribution < -0.4 is 16.4 Å². The van der Waals surface area contributed by atoms with E-state index in [1.165, 1.54) is 17.9 Å². The Bertz CT molecular complexity index is 1310. The summed E-state index contributed by atoms with van der Waals surface area (Å²) in [6, 6.07) is 6.60. The molecule has 1 aliphatic carbocycles. The molecule has 1 heterocycles. The molecule has 0 bridgehead atoms. The van der Waals surface area contributed by atoms with Crippen molar-refractivity contribution in [3.8, 4) is 12.3 Å². The highest BCUT2D eigenvalue weighted by Crippen LogP contribution is 2.29. The summed E-state index contributed by atoms with van der Waals surface area (Å²) >= 11 is 0. The van der Waals surface area contributed by atoms with Gasteiger partial charge in [-0.15, -0.1) is 16.8 Å². The largest absolute Gasteiger partial charge is 0.349 e. The van der Waals surface area contributed by atoms with Gasteiger partial charge in [0, 0.05) is 45.7 Å². The molecule has 13 heteroatoms. The Hall–Kier alpha value is -2.89. The number of hydrogen-bond donors (Lipinski definition) is 4. The van der Waals surface area contributed by atoms with Crippen molar-refractivity contribution in [2.75, 3.05) is 46.0 Å². The fourth-order valence-corrected chi connectivity index (χ4v) is 8.38. The van der Waals surface area contributed by atoms with Crippen molar-refractivity contribution in [3.05, 3.63) is 35.9 Å². The van der Waals surface area contributed by atoms with Crippen LogP contribution in [0.25, 0.3) is 0 Å². The predicted octanol–water partition coefficient (Wildman–Crippen LogP) is 3.01. The number of carbonyl (C=O) groups excluding carboxylic acids is 2. The molecule has 0 radical (unpaired) electrons. The number of carbonyl (C=O) groups is 2. The first-order chi connectivity index (χ1) is 22.8. The Balaban J connectivity index is 1.82. The summed E-state index contributed by atoms with van der Waals surface area (Å²) in [4.78, 5) is 30.0. The number of sulfonamides is 1. The standard InChI is InChI=1S/C35H58N8O4S/c1-6-13-31(35(45)39-32(24-28-16-11-8-12-17-28)33(40-37)30(36)22-26(2)3)38-34(44)29(23-27-14-9-7-10-15-27)25-48(46,47)42(5)43-20-18-41(4)19-21-43/h1,7,9-10,14-15,26,28-33,37H,8,11-13,16-25,36H2,2-5H3,(H,38,44)(H,39,45)/t29-,30+,31+,32+,33+/m1/s1. The first-order valence-electron chi connectivity index (χ1n) is 17.4. The molecule has 5 atom stereocenters. The maximum atomic E-state index is 13.9. The van der Waals surface area contributed by atoms with Gasteiger partial charge in [-0.05, 0) is 43.7 Å². The van der Waals surface area contributed by atoms with Crippen LogP contribution in [0.2, 0.25) is 0 Å². The van der Waals surface area contributed by atoms with Gasteiger partial charge in [-0.2, -0.15) is 5.11 Å². The molecule has 0 unspecified atom stereocenters. The van der Waals surface area contributed by atoms with Crippen LogP contribution >= 0.6 is 0 Å². The first kappa shape index (κ1) is 39.5. The van der Waals surface area contributed by atoms with Crippen molar-refractivity contribution in [1.82, 2.24) is 25.0 Å². The van der Waals surface area contributed by atoms with E-state index in [1.807, 2.05) is 37.4 Å². The molecular weight excluding hydrogens is 629 g/mol. The second-order valence-corrected chi connectivity index (χ2v) is 16.1. The van der Waals surface area contributed by atoms with E-state index < -0.39 is 57.7 Å². The third-order valence-corrected chi connectivity index (χ3v) is 11.6. The highest BCUT2D eigenvalue weighted by atomic mass is 32.2. The van der Waals surface area contributed by atoms with Gasteiger partial charge in [0.1, 0.15) is 12.1 Å². The maximum absolute atomic E-state index is 13.9. The third kappa shape index (κ3) is 12.2. The summed E-state index contributed by atoms with van der Waals surface area (Å²) in [6.07, 6.45) is 12.6. The van der Waals surface area contributed by atoms with Crippen molar-refractivity contribution in [2.24, 2.45) is 28.6 Å². The molecule has 0 spiro atoms. The average Bonchev–Trinajstić information content (AvgIpc) is 3.05. The third-order valence-electron chi connectivity index (χ3n) is 9.73. The monoisotopic (exact) mass is 686 g/mol. The van der Waals surface area contributed by atoms with E-state index in [-0.39, 0.29) is 18.8 Å². The Morgan fingerprint density at radius 1 is 1.08 bits per heavy atom. The van der Waals surface area contributed by atoms with Crippen LogP contribution in [0, 0.1) is 35.6 Å². The Morgan fingerprint density at radius 2 is 1.73 bits per heavy atom. The first-order valence-corrected chi connectivity index (χ1v) is 19.1. The number of nitrogens with zero attached hydrogens (tertiary/aromatic N) is 4. The van der Waals surface area contributed by atoms with Crippen molar-refractivity contribution < 1.29 is 18.0 Å². The minimum absolute atomic E-state index is 0.0829. The summed E-state index contributed by atoms with van der Waals surface area (Å²) in [7, 11) is -0.368. The highest BCUT2D eigenvalue weighted by molar-refractivity contribution is 7.89. The van der Waals surface area contributed by atoms with Crippen molar-refractivity contribution >= 4 is 21.8 Å². The summed E-state index contributed by atoms with van der Waals surface area (Å²) in [5.74, 6) is 0.707. The van der Waals surface area contributed by atoms with Gasteiger partial charge in [0.2, 0.25) is 21.8 Å². The molecule has 12 nitrogen and oxygen atoms in total. The number of hydrogen-bond acceptors (Lipinski definition) is 9. The van der Waals surface area contributed by atoms with E-state index in [0.717, 1.165) is 44.3 Å². The predicted molar refractivity (Wildman–Crippen MR) is 189 cm³/mol. The van der Waals surface area contributed by atoms with Crippen molar-refractivity contribution in [1.29, 1.82) is 5.53 Å². The van der Waals surface area contributed by atoms with Gasteiger partial charge in [-0.25, -0.2) is 19.0 Å². The molecule has 1 saturated heterocycles. The lowest BCUT2D eigenvalue weighted by Crippen LogP contribution is -2.57. The molecule has 5 N–H and O–H groups in total. The molecule has 48 heavy (non-hydrogen) atoms. The molecule has 268 valence electrons. The van der Waals surface area contributed by atoms with Crippen LogP contribution in [0.3, 0.4) is 0 Å². The number of rotatable bonds is 18. The zero-order valence-electron chi connectivity index (χ0n) is 29.3. The summed E-state index contributed by atoms with van der Waals surface area (Å²) in [5, 5.41) is 11.6. The lowest BCUT2D eigenvalue weighted by Gasteiger charge is -2.37. The number of likely N-dealkylation sites (N-methyl/N-ethyl adjacent to an activating group) is 1. The number of hydrazine groups is 1. The van der Waals surface area contributed by atoms with Gasteiger partial charge in [0.15, 0.2) is 0 Å². The van der Waals surface area contributed by atoms with Crippen LogP contribution in [0.1, 0.15) is 70.8 Å². The molecular formula is C35H58N8O4S. The van der Waals surface area contributed by atoms with Crippen LogP contribution in [-0.4, -0.2) is 105 Å². The number of terminal acetylenes is 1. The molecule has 2 aliphatic rings. The Kier molecular flexibility index (Phi) is 15.9. The molecule has 1 aliphatic heterocycles. The highest BCUT2D eigenvalue weighted by Gasteiger charge is 2.36. The molecule has 1 aromatic rings.